The lowest BCUT2D eigenvalue weighted by Crippen LogP contribution is -2.49. The molecule has 20 heavy (non-hydrogen) atoms. The molecule has 1 atom stereocenters. The van der Waals surface area contributed by atoms with Crippen LogP contribution in [0.4, 0.5) is 0 Å². The molecule has 2 aliphatic rings. The van der Waals surface area contributed by atoms with Gasteiger partial charge in [-0.3, -0.25) is 9.59 Å². The molecule has 0 aromatic rings. The van der Waals surface area contributed by atoms with E-state index in [1.165, 1.54) is 0 Å². The summed E-state index contributed by atoms with van der Waals surface area (Å²) in [5, 5.41) is 12.5. The Kier molecular flexibility index (Phi) is 4.67. The number of rotatable bonds is 4. The fourth-order valence-corrected chi connectivity index (χ4v) is 4.41. The maximum absolute atomic E-state index is 12.3. The summed E-state index contributed by atoms with van der Waals surface area (Å²) in [6, 6.07) is 0. The number of carbonyl (C=O) groups is 2. The predicted molar refractivity (Wildman–Crippen MR) is 80.8 cm³/mol. The van der Waals surface area contributed by atoms with E-state index >= 15 is 0 Å². The van der Waals surface area contributed by atoms with Crippen LogP contribution in [0.15, 0.2) is 0 Å². The van der Waals surface area contributed by atoms with Crippen LogP contribution in [0.2, 0.25) is 0 Å². The summed E-state index contributed by atoms with van der Waals surface area (Å²) < 4.78 is -0.359. The Morgan fingerprint density at radius 2 is 1.95 bits per heavy atom. The fourth-order valence-electron chi connectivity index (χ4n) is 3.18. The first kappa shape index (κ1) is 15.7. The van der Waals surface area contributed by atoms with Gasteiger partial charge < -0.3 is 10.4 Å². The van der Waals surface area contributed by atoms with Crippen molar-refractivity contribution in [2.75, 3.05) is 12.3 Å². The van der Waals surface area contributed by atoms with Gasteiger partial charge in [0.05, 0.1) is 10.2 Å². The van der Waals surface area contributed by atoms with E-state index in [4.69, 9.17) is 0 Å². The molecule has 1 saturated carbocycles. The first-order valence-electron chi connectivity index (χ1n) is 7.54. The zero-order valence-corrected chi connectivity index (χ0v) is 13.2. The second-order valence-corrected chi connectivity index (χ2v) is 8.23. The van der Waals surface area contributed by atoms with E-state index in [1.54, 1.807) is 11.8 Å². The van der Waals surface area contributed by atoms with Gasteiger partial charge in [-0.2, -0.15) is 0 Å². The van der Waals surface area contributed by atoms with E-state index in [0.717, 1.165) is 31.4 Å². The molecule has 1 unspecified atom stereocenters. The van der Waals surface area contributed by atoms with Crippen molar-refractivity contribution in [1.82, 2.24) is 5.32 Å². The lowest BCUT2D eigenvalue weighted by Gasteiger charge is -2.36. The molecule has 0 spiro atoms. The highest BCUT2D eigenvalue weighted by Gasteiger charge is 2.43. The van der Waals surface area contributed by atoms with Gasteiger partial charge in [-0.1, -0.05) is 6.92 Å². The average Bonchev–Trinajstić information content (AvgIpc) is 2.86. The van der Waals surface area contributed by atoms with Crippen LogP contribution < -0.4 is 5.32 Å². The third-order valence-corrected chi connectivity index (χ3v) is 6.49. The Hall–Kier alpha value is -0.710. The molecule has 2 fully saturated rings. The molecule has 2 N–H and O–H groups in total. The maximum Gasteiger partial charge on any atom is 0.311 e. The first-order valence-corrected chi connectivity index (χ1v) is 8.52. The van der Waals surface area contributed by atoms with E-state index in [1.807, 2.05) is 6.92 Å². The standard InChI is InChI=1S/C15H25NO3S/c1-11-4-7-15(8-5-11,13(18)19)10-16-12(17)14(2)6-3-9-20-14/h11H,3-10H2,1-2H3,(H,16,17)(H,18,19). The van der Waals surface area contributed by atoms with Gasteiger partial charge in [0, 0.05) is 6.54 Å². The number of carboxylic acid groups (broad SMARTS) is 1. The van der Waals surface area contributed by atoms with Gasteiger partial charge in [-0.15, -0.1) is 11.8 Å². The average molecular weight is 299 g/mol. The molecule has 0 bridgehead atoms. The van der Waals surface area contributed by atoms with Crippen LogP contribution in [-0.2, 0) is 9.59 Å². The maximum atomic E-state index is 12.3. The quantitative estimate of drug-likeness (QED) is 0.837. The van der Waals surface area contributed by atoms with Gasteiger partial charge in [0.15, 0.2) is 0 Å². The molecule has 1 aliphatic heterocycles. The lowest BCUT2D eigenvalue weighted by molar-refractivity contribution is -0.151. The number of aliphatic carboxylic acids is 1. The van der Waals surface area contributed by atoms with Crippen LogP contribution in [0.3, 0.4) is 0 Å². The van der Waals surface area contributed by atoms with Crippen molar-refractivity contribution >= 4 is 23.6 Å². The van der Waals surface area contributed by atoms with E-state index in [0.29, 0.717) is 18.8 Å². The molecule has 1 heterocycles. The van der Waals surface area contributed by atoms with E-state index in [2.05, 4.69) is 12.2 Å². The van der Waals surface area contributed by atoms with Crippen molar-refractivity contribution in [2.24, 2.45) is 11.3 Å². The minimum absolute atomic E-state index is 0.0132. The number of hydrogen-bond donors (Lipinski definition) is 2. The van der Waals surface area contributed by atoms with Crippen LogP contribution in [0.5, 0.6) is 0 Å². The largest absolute Gasteiger partial charge is 0.481 e. The topological polar surface area (TPSA) is 66.4 Å². The smallest absolute Gasteiger partial charge is 0.311 e. The molecule has 2 rings (SSSR count). The summed E-state index contributed by atoms with van der Waals surface area (Å²) in [5.74, 6) is 0.875. The Morgan fingerprint density at radius 3 is 2.45 bits per heavy atom. The minimum atomic E-state index is -0.756. The second kappa shape index (κ2) is 5.96. The van der Waals surface area contributed by atoms with Crippen molar-refractivity contribution in [2.45, 2.75) is 57.1 Å². The Labute approximate surface area is 125 Å². The minimum Gasteiger partial charge on any atom is -0.481 e. The number of thioether (sulfide) groups is 1. The monoisotopic (exact) mass is 299 g/mol. The molecule has 0 aromatic carbocycles. The van der Waals surface area contributed by atoms with Gasteiger partial charge in [0.2, 0.25) is 5.91 Å². The summed E-state index contributed by atoms with van der Waals surface area (Å²) in [6.45, 7) is 4.42. The molecule has 0 aromatic heterocycles. The summed E-state index contributed by atoms with van der Waals surface area (Å²) in [6.07, 6.45) is 5.18. The van der Waals surface area contributed by atoms with E-state index in [9.17, 15) is 14.7 Å². The highest BCUT2D eigenvalue weighted by atomic mass is 32.2. The van der Waals surface area contributed by atoms with Gasteiger partial charge >= 0.3 is 5.97 Å². The summed E-state index contributed by atoms with van der Waals surface area (Å²) in [4.78, 5) is 24.0. The summed E-state index contributed by atoms with van der Waals surface area (Å²) >= 11 is 1.69. The van der Waals surface area contributed by atoms with Crippen molar-refractivity contribution in [1.29, 1.82) is 0 Å². The number of nitrogens with one attached hydrogen (secondary N) is 1. The van der Waals surface area contributed by atoms with Crippen LogP contribution in [0, 0.1) is 11.3 Å². The molecule has 114 valence electrons. The first-order chi connectivity index (χ1) is 9.38. The van der Waals surface area contributed by atoms with E-state index < -0.39 is 11.4 Å². The number of hydrogen-bond acceptors (Lipinski definition) is 3. The highest BCUT2D eigenvalue weighted by molar-refractivity contribution is 8.01. The second-order valence-electron chi connectivity index (χ2n) is 6.63. The predicted octanol–water partition coefficient (Wildman–Crippen LogP) is 2.67. The Balaban J connectivity index is 1.96. The van der Waals surface area contributed by atoms with Crippen molar-refractivity contribution in [3.63, 3.8) is 0 Å². The SMILES string of the molecule is CC1CCC(CNC(=O)C2(C)CCCS2)(C(=O)O)CC1. The van der Waals surface area contributed by atoms with Crippen LogP contribution in [0.25, 0.3) is 0 Å². The molecule has 4 nitrogen and oxygen atoms in total. The van der Waals surface area contributed by atoms with Crippen molar-refractivity contribution in [3.8, 4) is 0 Å². The highest BCUT2D eigenvalue weighted by Crippen LogP contribution is 2.40. The van der Waals surface area contributed by atoms with Gasteiger partial charge in [0.1, 0.15) is 0 Å². The van der Waals surface area contributed by atoms with E-state index in [-0.39, 0.29) is 17.2 Å². The normalized spacial score (nSPS) is 37.6. The molecule has 5 heteroatoms. The van der Waals surface area contributed by atoms with Gasteiger partial charge in [0.25, 0.3) is 0 Å². The van der Waals surface area contributed by atoms with Crippen LogP contribution in [-0.4, -0.2) is 34.0 Å². The molecular formula is C15H25NO3S. The third kappa shape index (κ3) is 3.13. The zero-order chi connectivity index (χ0) is 14.8. The molecule has 1 saturated heterocycles. The van der Waals surface area contributed by atoms with Gasteiger partial charge in [-0.05, 0) is 57.1 Å². The lowest BCUT2D eigenvalue weighted by atomic mass is 9.70. The van der Waals surface area contributed by atoms with Crippen molar-refractivity contribution < 1.29 is 14.7 Å². The summed E-state index contributed by atoms with van der Waals surface area (Å²) in [7, 11) is 0. The Bertz CT molecular complexity index is 383. The zero-order valence-electron chi connectivity index (χ0n) is 12.4. The Morgan fingerprint density at radius 1 is 1.30 bits per heavy atom. The summed E-state index contributed by atoms with van der Waals surface area (Å²) in [5.41, 5.74) is -0.748. The molecule has 1 aliphatic carbocycles. The molecular weight excluding hydrogens is 274 g/mol. The number of carboxylic acids is 1. The molecule has 0 radical (unpaired) electrons. The third-order valence-electron chi connectivity index (χ3n) is 4.97. The number of amides is 1. The number of carbonyl (C=O) groups excluding carboxylic acids is 1. The van der Waals surface area contributed by atoms with Crippen LogP contribution in [0.1, 0.15) is 52.4 Å². The van der Waals surface area contributed by atoms with Gasteiger partial charge in [-0.25, -0.2) is 0 Å². The molecule has 1 amide bonds. The van der Waals surface area contributed by atoms with Crippen LogP contribution >= 0.6 is 11.8 Å². The fraction of sp³-hybridized carbons (Fsp3) is 0.867. The van der Waals surface area contributed by atoms with Crippen molar-refractivity contribution in [3.05, 3.63) is 0 Å².